The first kappa shape index (κ1) is 23.7. The van der Waals surface area contributed by atoms with Crippen LogP contribution in [0.25, 0.3) is 11.1 Å². The number of nitrogens with zero attached hydrogens (tertiary/aromatic N) is 2. The summed E-state index contributed by atoms with van der Waals surface area (Å²) in [6.45, 7) is 0. The highest BCUT2D eigenvalue weighted by Gasteiger charge is 2.23. The molecule has 0 aliphatic rings. The monoisotopic (exact) mass is 471 g/mol. The summed E-state index contributed by atoms with van der Waals surface area (Å²) in [6, 6.07) is 23.8. The molecule has 0 fully saturated rings. The molecule has 8 nitrogen and oxygen atoms in total. The Morgan fingerprint density at radius 2 is 1.63 bits per heavy atom. The number of aromatic nitrogens is 2. The van der Waals surface area contributed by atoms with Crippen LogP contribution in [0.4, 0.5) is 0 Å². The van der Waals surface area contributed by atoms with Crippen molar-refractivity contribution in [1.82, 2.24) is 15.5 Å². The third kappa shape index (κ3) is 6.32. The number of carboxylic acids is 1. The summed E-state index contributed by atoms with van der Waals surface area (Å²) in [7, 11) is 1.60. The van der Waals surface area contributed by atoms with E-state index >= 15 is 0 Å². The number of benzene rings is 3. The van der Waals surface area contributed by atoms with Crippen molar-refractivity contribution in [2.75, 3.05) is 7.11 Å². The van der Waals surface area contributed by atoms with Gasteiger partial charge in [0.15, 0.2) is 0 Å². The molecule has 0 unspecified atom stereocenters. The summed E-state index contributed by atoms with van der Waals surface area (Å²) < 4.78 is 11.0. The molecule has 0 saturated carbocycles. The maximum Gasteiger partial charge on any atom is 0.303 e. The molecule has 4 aromatic rings. The van der Waals surface area contributed by atoms with Crippen LogP contribution >= 0.6 is 0 Å². The van der Waals surface area contributed by atoms with Crippen LogP contribution in [-0.2, 0) is 11.2 Å². The Morgan fingerprint density at radius 1 is 0.943 bits per heavy atom. The number of rotatable bonds is 10. The maximum atomic E-state index is 12.9. The number of hydrogen-bond donors (Lipinski definition) is 2. The lowest BCUT2D eigenvalue weighted by molar-refractivity contribution is -0.137. The van der Waals surface area contributed by atoms with Gasteiger partial charge in [-0.3, -0.25) is 9.59 Å². The minimum atomic E-state index is -0.977. The van der Waals surface area contributed by atoms with Gasteiger partial charge in [-0.25, -0.2) is 0 Å². The van der Waals surface area contributed by atoms with Crippen molar-refractivity contribution >= 4 is 11.9 Å². The number of ether oxygens (including phenoxy) is 1. The molecule has 0 aliphatic carbocycles. The van der Waals surface area contributed by atoms with E-state index < -0.39 is 12.0 Å². The van der Waals surface area contributed by atoms with Gasteiger partial charge >= 0.3 is 5.97 Å². The Hall–Kier alpha value is -4.46. The zero-order valence-electron chi connectivity index (χ0n) is 19.2. The summed E-state index contributed by atoms with van der Waals surface area (Å²) in [5.74, 6) is -0.0477. The van der Waals surface area contributed by atoms with E-state index in [-0.39, 0.29) is 24.6 Å². The summed E-state index contributed by atoms with van der Waals surface area (Å²) in [6.07, 6.45) is 0.360. The predicted octanol–water partition coefficient (Wildman–Crippen LogP) is 4.67. The molecule has 2 N–H and O–H groups in total. The number of methoxy groups -OCH3 is 1. The maximum absolute atomic E-state index is 12.9. The van der Waals surface area contributed by atoms with E-state index in [1.165, 1.54) is 0 Å². The number of carbonyl (C=O) groups is 2. The first-order valence-electron chi connectivity index (χ1n) is 11.1. The third-order valence-corrected chi connectivity index (χ3v) is 5.50. The summed E-state index contributed by atoms with van der Waals surface area (Å²) >= 11 is 0. The smallest absolute Gasteiger partial charge is 0.303 e. The van der Waals surface area contributed by atoms with Crippen molar-refractivity contribution in [3.63, 3.8) is 0 Å². The zero-order chi connectivity index (χ0) is 24.6. The van der Waals surface area contributed by atoms with Crippen molar-refractivity contribution in [2.24, 2.45) is 0 Å². The Morgan fingerprint density at radius 3 is 2.29 bits per heavy atom. The normalized spacial score (nSPS) is 11.6. The molecule has 1 heterocycles. The second kappa shape index (κ2) is 11.1. The fraction of sp³-hybridized carbons (Fsp3) is 0.185. The van der Waals surface area contributed by atoms with Gasteiger partial charge in [0.1, 0.15) is 11.8 Å². The Labute approximate surface area is 202 Å². The SMILES string of the molecule is COc1ccc(Cc2nnc([C@H](CCC(=O)O)NC(=O)c3ccc(-c4ccccc4)cc3)o2)cc1. The van der Waals surface area contributed by atoms with Crippen molar-refractivity contribution in [3.05, 3.63) is 102 Å². The first-order valence-corrected chi connectivity index (χ1v) is 11.1. The van der Waals surface area contributed by atoms with Gasteiger partial charge in [0.05, 0.1) is 13.5 Å². The van der Waals surface area contributed by atoms with E-state index in [0.717, 1.165) is 22.4 Å². The standard InChI is InChI=1S/C27H25N3O5/c1-34-22-13-7-18(8-14-22)17-24-29-30-27(35-24)23(15-16-25(31)32)28-26(33)21-11-9-20(10-12-21)19-5-3-2-4-6-19/h2-14,23H,15-17H2,1H3,(H,28,33)(H,31,32)/t23-/m0/s1. The van der Waals surface area contributed by atoms with Crippen LogP contribution in [-0.4, -0.2) is 34.3 Å². The van der Waals surface area contributed by atoms with Crippen LogP contribution in [0.3, 0.4) is 0 Å². The number of hydrogen-bond acceptors (Lipinski definition) is 6. The summed E-state index contributed by atoms with van der Waals surface area (Å²) in [5, 5.41) is 20.2. The average molecular weight is 472 g/mol. The Balaban J connectivity index is 1.47. The number of carbonyl (C=O) groups excluding carboxylic acids is 1. The third-order valence-electron chi connectivity index (χ3n) is 5.50. The molecule has 0 radical (unpaired) electrons. The van der Waals surface area contributed by atoms with Crippen molar-refractivity contribution < 1.29 is 23.8 Å². The average Bonchev–Trinajstić information content (AvgIpc) is 3.35. The van der Waals surface area contributed by atoms with Gasteiger partial charge in [0.2, 0.25) is 11.8 Å². The highest BCUT2D eigenvalue weighted by molar-refractivity contribution is 5.94. The minimum absolute atomic E-state index is 0.118. The summed E-state index contributed by atoms with van der Waals surface area (Å²) in [4.78, 5) is 24.1. The molecule has 3 aromatic carbocycles. The van der Waals surface area contributed by atoms with E-state index in [2.05, 4.69) is 15.5 Å². The molecule has 1 atom stereocenters. The molecule has 0 spiro atoms. The van der Waals surface area contributed by atoms with Crippen molar-refractivity contribution in [2.45, 2.75) is 25.3 Å². The van der Waals surface area contributed by atoms with Gasteiger partial charge in [-0.1, -0.05) is 54.6 Å². The molecule has 0 bridgehead atoms. The molecule has 35 heavy (non-hydrogen) atoms. The van der Waals surface area contributed by atoms with Gasteiger partial charge in [0.25, 0.3) is 5.91 Å². The van der Waals surface area contributed by atoms with Crippen molar-refractivity contribution in [1.29, 1.82) is 0 Å². The Kier molecular flexibility index (Phi) is 7.52. The van der Waals surface area contributed by atoms with Crippen LogP contribution in [0.5, 0.6) is 5.75 Å². The molecule has 1 amide bonds. The largest absolute Gasteiger partial charge is 0.497 e. The lowest BCUT2D eigenvalue weighted by Crippen LogP contribution is -2.29. The van der Waals surface area contributed by atoms with Gasteiger partial charge in [-0.05, 0) is 47.4 Å². The van der Waals surface area contributed by atoms with Gasteiger partial charge < -0.3 is 19.6 Å². The molecular formula is C27H25N3O5. The number of aliphatic carboxylic acids is 1. The van der Waals surface area contributed by atoms with Crippen molar-refractivity contribution in [3.8, 4) is 16.9 Å². The molecule has 1 aromatic heterocycles. The van der Waals surface area contributed by atoms with Crippen LogP contribution in [0, 0.1) is 0 Å². The van der Waals surface area contributed by atoms with E-state index in [9.17, 15) is 9.59 Å². The summed E-state index contributed by atoms with van der Waals surface area (Å²) in [5.41, 5.74) is 3.44. The fourth-order valence-electron chi connectivity index (χ4n) is 3.61. The second-order valence-corrected chi connectivity index (χ2v) is 7.96. The topological polar surface area (TPSA) is 115 Å². The molecular weight excluding hydrogens is 446 g/mol. The van der Waals surface area contributed by atoms with Gasteiger partial charge in [-0.15, -0.1) is 10.2 Å². The fourth-order valence-corrected chi connectivity index (χ4v) is 3.61. The Bertz CT molecular complexity index is 1270. The van der Waals surface area contributed by atoms with Crippen LogP contribution < -0.4 is 10.1 Å². The molecule has 8 heteroatoms. The van der Waals surface area contributed by atoms with Crippen LogP contribution in [0.2, 0.25) is 0 Å². The van der Waals surface area contributed by atoms with Gasteiger partial charge in [-0.2, -0.15) is 0 Å². The quantitative estimate of drug-likeness (QED) is 0.345. The molecule has 0 saturated heterocycles. The lowest BCUT2D eigenvalue weighted by atomic mass is 10.0. The highest BCUT2D eigenvalue weighted by atomic mass is 16.5. The van der Waals surface area contributed by atoms with E-state index in [1.54, 1.807) is 19.2 Å². The number of nitrogens with one attached hydrogen (secondary N) is 1. The van der Waals surface area contributed by atoms with Crippen LogP contribution in [0.15, 0.2) is 83.3 Å². The van der Waals surface area contributed by atoms with E-state index in [0.29, 0.717) is 17.9 Å². The molecule has 4 rings (SSSR count). The predicted molar refractivity (Wildman–Crippen MR) is 129 cm³/mol. The van der Waals surface area contributed by atoms with E-state index in [1.807, 2.05) is 66.7 Å². The second-order valence-electron chi connectivity index (χ2n) is 7.96. The minimum Gasteiger partial charge on any atom is -0.497 e. The van der Waals surface area contributed by atoms with E-state index in [4.69, 9.17) is 14.3 Å². The number of carboxylic acid groups (broad SMARTS) is 1. The zero-order valence-corrected chi connectivity index (χ0v) is 19.2. The molecule has 0 aliphatic heterocycles. The number of amides is 1. The molecule has 178 valence electrons. The lowest BCUT2D eigenvalue weighted by Gasteiger charge is -2.14. The highest BCUT2D eigenvalue weighted by Crippen LogP contribution is 2.22. The van der Waals surface area contributed by atoms with Crippen LogP contribution in [0.1, 0.15) is 46.6 Å². The van der Waals surface area contributed by atoms with Gasteiger partial charge in [0, 0.05) is 12.0 Å². The first-order chi connectivity index (χ1) is 17.0.